The Labute approximate surface area is 214 Å². The molecule has 0 N–H and O–H groups in total. The topological polar surface area (TPSA) is 69.6 Å². The zero-order valence-corrected chi connectivity index (χ0v) is 20.6. The van der Waals surface area contributed by atoms with Crippen molar-refractivity contribution in [3.05, 3.63) is 89.7 Å². The molecule has 0 aliphatic carbocycles. The minimum atomic E-state index is -0.421. The molecule has 3 aromatic rings. The van der Waals surface area contributed by atoms with Gasteiger partial charge in [-0.1, -0.05) is 35.9 Å². The molecule has 0 spiro atoms. The summed E-state index contributed by atoms with van der Waals surface area (Å²) >= 11 is 6.27. The number of aromatic nitrogens is 2. The summed E-state index contributed by atoms with van der Waals surface area (Å²) in [5.74, 6) is -0.169. The van der Waals surface area contributed by atoms with E-state index in [0.29, 0.717) is 35.9 Å². The Morgan fingerprint density at radius 1 is 1.00 bits per heavy atom. The van der Waals surface area contributed by atoms with Gasteiger partial charge in [-0.05, 0) is 48.9 Å². The second-order valence-electron chi connectivity index (χ2n) is 8.46. The van der Waals surface area contributed by atoms with Gasteiger partial charge in [-0.25, -0.2) is 4.39 Å². The molecule has 1 aliphatic heterocycles. The predicted octanol–water partition coefficient (Wildman–Crippen LogP) is 4.30. The van der Waals surface area contributed by atoms with E-state index in [2.05, 4.69) is 21.7 Å². The van der Waals surface area contributed by atoms with Crippen LogP contribution < -0.4 is 4.90 Å². The van der Waals surface area contributed by atoms with Crippen LogP contribution in [0.25, 0.3) is 11.3 Å². The summed E-state index contributed by atoms with van der Waals surface area (Å²) in [6.45, 7) is 6.24. The number of hydrogen-bond acceptors (Lipinski definition) is 5. The van der Waals surface area contributed by atoms with Gasteiger partial charge >= 0.3 is 0 Å². The predicted molar refractivity (Wildman–Crippen MR) is 138 cm³/mol. The van der Waals surface area contributed by atoms with Crippen molar-refractivity contribution in [2.75, 3.05) is 44.2 Å². The van der Waals surface area contributed by atoms with E-state index in [1.165, 1.54) is 29.2 Å². The first-order chi connectivity index (χ1) is 17.5. The molecule has 0 unspecified atom stereocenters. The van der Waals surface area contributed by atoms with Crippen LogP contribution in [0.1, 0.15) is 16.8 Å². The van der Waals surface area contributed by atoms with Crippen molar-refractivity contribution >= 4 is 29.2 Å². The Bertz CT molecular complexity index is 1220. The zero-order valence-electron chi connectivity index (χ0n) is 19.8. The van der Waals surface area contributed by atoms with Gasteiger partial charge in [0.1, 0.15) is 12.4 Å². The van der Waals surface area contributed by atoms with E-state index in [0.717, 1.165) is 24.3 Å². The van der Waals surface area contributed by atoms with E-state index in [9.17, 15) is 14.0 Å². The number of halogens is 2. The summed E-state index contributed by atoms with van der Waals surface area (Å²) in [5.41, 5.74) is 1.85. The Kier molecular flexibility index (Phi) is 8.28. The summed E-state index contributed by atoms with van der Waals surface area (Å²) in [6, 6.07) is 16.6. The average Bonchev–Trinajstić information content (AvgIpc) is 3.15. The standard InChI is InChI=1S/C27H27ClFN5O2/c1-2-14-34(27(36)20-8-10-21(29)11-9-20)19-26(35)33-16-5-15-32(17-18-33)25-13-12-24(30-31-25)22-6-3-4-7-23(22)28/h2-4,6-13H,1,5,14-19H2. The van der Waals surface area contributed by atoms with E-state index in [4.69, 9.17) is 11.6 Å². The highest BCUT2D eigenvalue weighted by atomic mass is 35.5. The first-order valence-corrected chi connectivity index (χ1v) is 12.1. The molecule has 1 aliphatic rings. The SMILES string of the molecule is C=CCN(CC(=O)N1CCCN(c2ccc(-c3ccccc3Cl)nn2)CC1)C(=O)c1ccc(F)cc1. The Morgan fingerprint density at radius 2 is 1.78 bits per heavy atom. The minimum Gasteiger partial charge on any atom is -0.353 e. The summed E-state index contributed by atoms with van der Waals surface area (Å²) in [6.07, 6.45) is 2.33. The van der Waals surface area contributed by atoms with Gasteiger partial charge < -0.3 is 14.7 Å². The third kappa shape index (κ3) is 6.07. The fourth-order valence-electron chi connectivity index (χ4n) is 4.12. The maximum Gasteiger partial charge on any atom is 0.254 e. The van der Waals surface area contributed by atoms with Crippen molar-refractivity contribution < 1.29 is 14.0 Å². The summed E-state index contributed by atoms with van der Waals surface area (Å²) in [7, 11) is 0. The first-order valence-electron chi connectivity index (χ1n) is 11.7. The minimum absolute atomic E-state index is 0.0748. The van der Waals surface area contributed by atoms with Crippen molar-refractivity contribution in [2.24, 2.45) is 0 Å². The van der Waals surface area contributed by atoms with Gasteiger partial charge in [0.25, 0.3) is 5.91 Å². The van der Waals surface area contributed by atoms with Gasteiger partial charge in [-0.2, -0.15) is 0 Å². The van der Waals surface area contributed by atoms with Gasteiger partial charge in [0.2, 0.25) is 5.91 Å². The lowest BCUT2D eigenvalue weighted by Gasteiger charge is -2.26. The number of rotatable bonds is 7. The van der Waals surface area contributed by atoms with Crippen molar-refractivity contribution in [3.63, 3.8) is 0 Å². The van der Waals surface area contributed by atoms with Crippen LogP contribution in [0.2, 0.25) is 5.02 Å². The molecule has 4 rings (SSSR count). The molecule has 7 nitrogen and oxygen atoms in total. The fraction of sp³-hybridized carbons (Fsp3) is 0.259. The normalized spacial score (nSPS) is 13.7. The summed E-state index contributed by atoms with van der Waals surface area (Å²) < 4.78 is 13.2. The van der Waals surface area contributed by atoms with E-state index in [-0.39, 0.29) is 24.9 Å². The summed E-state index contributed by atoms with van der Waals surface area (Å²) in [4.78, 5) is 31.2. The number of nitrogens with zero attached hydrogens (tertiary/aromatic N) is 5. The fourth-order valence-corrected chi connectivity index (χ4v) is 4.35. The molecule has 2 aromatic carbocycles. The van der Waals surface area contributed by atoms with Crippen molar-refractivity contribution in [2.45, 2.75) is 6.42 Å². The van der Waals surface area contributed by atoms with E-state index >= 15 is 0 Å². The van der Waals surface area contributed by atoms with E-state index in [1.807, 2.05) is 36.4 Å². The molecule has 0 radical (unpaired) electrons. The highest BCUT2D eigenvalue weighted by Gasteiger charge is 2.24. The third-order valence-corrected chi connectivity index (χ3v) is 6.36. The number of carbonyl (C=O) groups excluding carboxylic acids is 2. The van der Waals surface area contributed by atoms with Gasteiger partial charge in [0.15, 0.2) is 5.82 Å². The van der Waals surface area contributed by atoms with Crippen molar-refractivity contribution in [3.8, 4) is 11.3 Å². The molecule has 9 heteroatoms. The molecule has 1 aromatic heterocycles. The second-order valence-corrected chi connectivity index (χ2v) is 8.87. The third-order valence-electron chi connectivity index (χ3n) is 6.03. The van der Waals surface area contributed by atoms with E-state index in [1.54, 1.807) is 11.0 Å². The van der Waals surface area contributed by atoms with Crippen LogP contribution in [0.15, 0.2) is 73.3 Å². The van der Waals surface area contributed by atoms with Crippen molar-refractivity contribution in [1.29, 1.82) is 0 Å². The van der Waals surface area contributed by atoms with Crippen LogP contribution in [0.4, 0.5) is 10.2 Å². The van der Waals surface area contributed by atoms with E-state index < -0.39 is 5.82 Å². The molecule has 0 bridgehead atoms. The largest absolute Gasteiger partial charge is 0.353 e. The molecule has 0 atom stereocenters. The quantitative estimate of drug-likeness (QED) is 0.446. The molecule has 36 heavy (non-hydrogen) atoms. The smallest absolute Gasteiger partial charge is 0.254 e. The lowest BCUT2D eigenvalue weighted by molar-refractivity contribution is -0.131. The Morgan fingerprint density at radius 3 is 2.47 bits per heavy atom. The molecule has 1 saturated heterocycles. The molecule has 186 valence electrons. The van der Waals surface area contributed by atoms with Crippen LogP contribution in [-0.4, -0.2) is 71.1 Å². The number of anilines is 1. The highest BCUT2D eigenvalue weighted by Crippen LogP contribution is 2.26. The molecule has 0 saturated carbocycles. The van der Waals surface area contributed by atoms with Crippen LogP contribution in [0.5, 0.6) is 0 Å². The highest BCUT2D eigenvalue weighted by molar-refractivity contribution is 6.33. The average molecular weight is 508 g/mol. The second kappa shape index (κ2) is 11.8. The number of benzene rings is 2. The lowest BCUT2D eigenvalue weighted by Crippen LogP contribution is -2.44. The number of hydrogen-bond donors (Lipinski definition) is 0. The summed E-state index contributed by atoms with van der Waals surface area (Å²) in [5, 5.41) is 9.36. The number of amides is 2. The van der Waals surface area contributed by atoms with Crippen LogP contribution >= 0.6 is 11.6 Å². The maximum atomic E-state index is 13.2. The van der Waals surface area contributed by atoms with Crippen molar-refractivity contribution in [1.82, 2.24) is 20.0 Å². The number of carbonyl (C=O) groups is 2. The van der Waals surface area contributed by atoms with Crippen LogP contribution in [-0.2, 0) is 4.79 Å². The van der Waals surface area contributed by atoms with Crippen LogP contribution in [0, 0.1) is 5.82 Å². The first kappa shape index (κ1) is 25.3. The zero-order chi connectivity index (χ0) is 25.5. The Balaban J connectivity index is 1.38. The molecule has 1 fully saturated rings. The molecule has 2 amide bonds. The monoisotopic (exact) mass is 507 g/mol. The molecular weight excluding hydrogens is 481 g/mol. The molecule has 2 heterocycles. The van der Waals surface area contributed by atoms with Gasteiger partial charge in [0.05, 0.1) is 10.7 Å². The maximum absolute atomic E-state index is 13.2. The Hall–Kier alpha value is -3.78. The van der Waals surface area contributed by atoms with Crippen LogP contribution in [0.3, 0.4) is 0 Å². The lowest BCUT2D eigenvalue weighted by atomic mass is 10.1. The van der Waals surface area contributed by atoms with Gasteiger partial charge in [-0.3, -0.25) is 9.59 Å². The van der Waals surface area contributed by atoms with Gasteiger partial charge in [-0.15, -0.1) is 16.8 Å². The molecular formula is C27H27ClFN5O2. The van der Waals surface area contributed by atoms with Gasteiger partial charge in [0, 0.05) is 43.9 Å².